The van der Waals surface area contributed by atoms with Crippen LogP contribution in [0.1, 0.15) is 33.4 Å². The van der Waals surface area contributed by atoms with E-state index in [0.717, 1.165) is 5.69 Å². The molecule has 0 aliphatic heterocycles. The van der Waals surface area contributed by atoms with Crippen molar-refractivity contribution in [1.82, 2.24) is 10.5 Å². The summed E-state index contributed by atoms with van der Waals surface area (Å²) in [7, 11) is 1.73. The number of hydrogen-bond acceptors (Lipinski definition) is 4. The Morgan fingerprint density at radius 1 is 1.50 bits per heavy atom. The molecule has 16 heavy (non-hydrogen) atoms. The number of rotatable bonds is 3. The van der Waals surface area contributed by atoms with Crippen molar-refractivity contribution in [2.24, 2.45) is 0 Å². The molecular formula is C11H19N3O2. The smallest absolute Gasteiger partial charge is 0.243 e. The molecule has 0 aromatic carbocycles. The maximum atomic E-state index is 11.5. The summed E-state index contributed by atoms with van der Waals surface area (Å²) in [5.41, 5.74) is 0.737. The van der Waals surface area contributed by atoms with Gasteiger partial charge in [0.1, 0.15) is 0 Å². The van der Waals surface area contributed by atoms with E-state index < -0.39 is 0 Å². The van der Waals surface area contributed by atoms with Crippen LogP contribution in [0.4, 0.5) is 5.88 Å². The van der Waals surface area contributed by atoms with Crippen LogP contribution in [-0.2, 0) is 10.2 Å². The molecule has 1 aromatic rings. The number of likely N-dealkylation sites (N-methyl/N-ethyl adjacent to an activating group) is 1. The fraction of sp³-hybridized carbons (Fsp3) is 0.636. The van der Waals surface area contributed by atoms with Crippen LogP contribution in [0.5, 0.6) is 0 Å². The molecule has 1 amide bonds. The first-order valence-electron chi connectivity index (χ1n) is 5.30. The van der Waals surface area contributed by atoms with Crippen LogP contribution >= 0.6 is 0 Å². The molecule has 0 spiro atoms. The quantitative estimate of drug-likeness (QED) is 0.818. The normalized spacial score (nSPS) is 13.6. The summed E-state index contributed by atoms with van der Waals surface area (Å²) in [6.45, 7) is 7.88. The molecule has 1 atom stereocenters. The molecule has 5 heteroatoms. The fourth-order valence-electron chi connectivity index (χ4n) is 1.05. The lowest BCUT2D eigenvalue weighted by molar-refractivity contribution is -0.117. The first kappa shape index (κ1) is 12.7. The number of nitrogens with one attached hydrogen (secondary N) is 2. The second-order valence-electron chi connectivity index (χ2n) is 4.83. The van der Waals surface area contributed by atoms with E-state index in [4.69, 9.17) is 4.52 Å². The highest BCUT2D eigenvalue weighted by Crippen LogP contribution is 2.23. The average Bonchev–Trinajstić information content (AvgIpc) is 2.64. The number of amides is 1. The zero-order valence-electron chi connectivity index (χ0n) is 10.4. The number of carbonyl (C=O) groups excluding carboxylic acids is 1. The van der Waals surface area contributed by atoms with Crippen LogP contribution in [0.2, 0.25) is 0 Å². The predicted molar refractivity (Wildman–Crippen MR) is 62.4 cm³/mol. The molecule has 0 aliphatic rings. The zero-order valence-corrected chi connectivity index (χ0v) is 10.4. The molecule has 0 aliphatic carbocycles. The molecule has 2 N–H and O–H groups in total. The van der Waals surface area contributed by atoms with Crippen molar-refractivity contribution in [1.29, 1.82) is 0 Å². The van der Waals surface area contributed by atoms with Crippen LogP contribution in [-0.4, -0.2) is 24.2 Å². The van der Waals surface area contributed by atoms with Crippen molar-refractivity contribution in [3.05, 3.63) is 11.8 Å². The van der Waals surface area contributed by atoms with Crippen LogP contribution < -0.4 is 10.6 Å². The van der Waals surface area contributed by atoms with Crippen molar-refractivity contribution < 1.29 is 9.32 Å². The Hall–Kier alpha value is -1.36. The topological polar surface area (TPSA) is 67.2 Å². The van der Waals surface area contributed by atoms with Crippen molar-refractivity contribution in [3.63, 3.8) is 0 Å². The first-order valence-corrected chi connectivity index (χ1v) is 5.30. The second-order valence-corrected chi connectivity index (χ2v) is 4.83. The van der Waals surface area contributed by atoms with Crippen molar-refractivity contribution >= 4 is 11.8 Å². The van der Waals surface area contributed by atoms with Gasteiger partial charge in [0.05, 0.1) is 11.7 Å². The monoisotopic (exact) mass is 225 g/mol. The van der Waals surface area contributed by atoms with Crippen molar-refractivity contribution in [3.8, 4) is 0 Å². The largest absolute Gasteiger partial charge is 0.338 e. The van der Waals surface area contributed by atoms with Crippen LogP contribution in [0.15, 0.2) is 10.6 Å². The van der Waals surface area contributed by atoms with Gasteiger partial charge < -0.3 is 9.84 Å². The Morgan fingerprint density at radius 2 is 2.12 bits per heavy atom. The van der Waals surface area contributed by atoms with E-state index in [1.807, 2.05) is 20.8 Å². The van der Waals surface area contributed by atoms with E-state index in [1.165, 1.54) is 0 Å². The molecule has 0 saturated heterocycles. The minimum atomic E-state index is -0.261. The third-order valence-electron chi connectivity index (χ3n) is 2.35. The number of anilines is 1. The Morgan fingerprint density at radius 3 is 2.56 bits per heavy atom. The Kier molecular flexibility index (Phi) is 3.70. The summed E-state index contributed by atoms with van der Waals surface area (Å²) >= 11 is 0. The highest BCUT2D eigenvalue weighted by molar-refractivity contribution is 5.93. The first-order chi connectivity index (χ1) is 7.34. The summed E-state index contributed by atoms with van der Waals surface area (Å²) < 4.78 is 5.05. The lowest BCUT2D eigenvalue weighted by atomic mass is 9.92. The van der Waals surface area contributed by atoms with Crippen LogP contribution in [0, 0.1) is 0 Å². The highest BCUT2D eigenvalue weighted by atomic mass is 16.5. The molecule has 0 bridgehead atoms. The summed E-state index contributed by atoms with van der Waals surface area (Å²) in [6.07, 6.45) is 0. The number of hydrogen-bond donors (Lipinski definition) is 2. The van der Waals surface area contributed by atoms with Gasteiger partial charge in [-0.05, 0) is 14.0 Å². The van der Waals surface area contributed by atoms with Gasteiger partial charge in [0.2, 0.25) is 11.8 Å². The van der Waals surface area contributed by atoms with E-state index in [1.54, 1.807) is 20.0 Å². The van der Waals surface area contributed by atoms with Gasteiger partial charge in [0.25, 0.3) is 0 Å². The minimum absolute atomic E-state index is 0.0822. The molecule has 1 aromatic heterocycles. The Balaban J connectivity index is 2.70. The van der Waals surface area contributed by atoms with Crippen LogP contribution in [0.25, 0.3) is 0 Å². The molecule has 0 fully saturated rings. The molecule has 0 saturated carbocycles. The van der Waals surface area contributed by atoms with E-state index in [-0.39, 0.29) is 17.4 Å². The molecule has 5 nitrogen and oxygen atoms in total. The van der Waals surface area contributed by atoms with Gasteiger partial charge in [-0.3, -0.25) is 10.1 Å². The molecular weight excluding hydrogens is 206 g/mol. The molecule has 0 radical (unpaired) electrons. The average molecular weight is 225 g/mol. The molecule has 1 heterocycles. The van der Waals surface area contributed by atoms with E-state index in [9.17, 15) is 4.79 Å². The van der Waals surface area contributed by atoms with Gasteiger partial charge in [-0.25, -0.2) is 0 Å². The van der Waals surface area contributed by atoms with Gasteiger partial charge in [0.15, 0.2) is 0 Å². The number of aromatic nitrogens is 1. The molecule has 1 unspecified atom stereocenters. The number of nitrogens with zero attached hydrogens (tertiary/aromatic N) is 1. The molecule has 1 rings (SSSR count). The number of carbonyl (C=O) groups is 1. The van der Waals surface area contributed by atoms with Gasteiger partial charge in [0, 0.05) is 11.5 Å². The third kappa shape index (κ3) is 3.06. The standard InChI is InChI=1S/C11H19N3O2/c1-7(12-5)10(15)13-9-6-8(14-16-9)11(2,3)4/h6-7,12H,1-5H3,(H,13,15). The Labute approximate surface area is 95.6 Å². The van der Waals surface area contributed by atoms with Gasteiger partial charge in [-0.15, -0.1) is 0 Å². The van der Waals surface area contributed by atoms with E-state index >= 15 is 0 Å². The third-order valence-corrected chi connectivity index (χ3v) is 2.35. The Bertz CT molecular complexity index is 366. The summed E-state index contributed by atoms with van der Waals surface area (Å²) in [6, 6.07) is 1.49. The summed E-state index contributed by atoms with van der Waals surface area (Å²) in [4.78, 5) is 11.5. The summed E-state index contributed by atoms with van der Waals surface area (Å²) in [5, 5.41) is 9.42. The predicted octanol–water partition coefficient (Wildman–Crippen LogP) is 1.52. The molecule has 90 valence electrons. The van der Waals surface area contributed by atoms with Crippen molar-refractivity contribution in [2.45, 2.75) is 39.2 Å². The SMILES string of the molecule is CNC(C)C(=O)Nc1cc(C(C)(C)C)no1. The maximum absolute atomic E-state index is 11.5. The highest BCUT2D eigenvalue weighted by Gasteiger charge is 2.20. The van der Waals surface area contributed by atoms with E-state index in [0.29, 0.717) is 5.88 Å². The lowest BCUT2D eigenvalue weighted by Gasteiger charge is -2.12. The second kappa shape index (κ2) is 4.65. The lowest BCUT2D eigenvalue weighted by Crippen LogP contribution is -2.35. The van der Waals surface area contributed by atoms with Gasteiger partial charge in [-0.2, -0.15) is 0 Å². The summed E-state index contributed by atoms with van der Waals surface area (Å²) in [5.74, 6) is 0.246. The maximum Gasteiger partial charge on any atom is 0.243 e. The van der Waals surface area contributed by atoms with Crippen LogP contribution in [0.3, 0.4) is 0 Å². The van der Waals surface area contributed by atoms with Gasteiger partial charge in [-0.1, -0.05) is 25.9 Å². The van der Waals surface area contributed by atoms with Gasteiger partial charge >= 0.3 is 0 Å². The van der Waals surface area contributed by atoms with E-state index in [2.05, 4.69) is 15.8 Å². The fourth-order valence-corrected chi connectivity index (χ4v) is 1.05. The minimum Gasteiger partial charge on any atom is -0.338 e. The van der Waals surface area contributed by atoms with Crippen molar-refractivity contribution in [2.75, 3.05) is 12.4 Å². The zero-order chi connectivity index (χ0) is 12.3.